The molecule has 6 heteroatoms. The Morgan fingerprint density at radius 3 is 2.56 bits per heavy atom. The van der Waals surface area contributed by atoms with E-state index in [-0.39, 0.29) is 18.1 Å². The van der Waals surface area contributed by atoms with Gasteiger partial charge in [-0.3, -0.25) is 0 Å². The maximum atomic E-state index is 12.1. The molecule has 0 spiro atoms. The van der Waals surface area contributed by atoms with E-state index < -0.39 is 12.7 Å². The lowest BCUT2D eigenvalue weighted by Gasteiger charge is -2.14. The van der Waals surface area contributed by atoms with Crippen LogP contribution in [0.2, 0.25) is 0 Å². The second-order valence-electron chi connectivity index (χ2n) is 3.08. The fraction of sp³-hybridized carbons (Fsp3) is 0.400. The van der Waals surface area contributed by atoms with E-state index in [0.29, 0.717) is 5.56 Å². The summed E-state index contributed by atoms with van der Waals surface area (Å²) in [6.45, 7) is -3.21. The minimum atomic E-state index is -2.94. The average Bonchev–Trinajstić information content (AvgIpc) is 2.27. The van der Waals surface area contributed by atoms with Gasteiger partial charge in [-0.25, -0.2) is 0 Å². The summed E-state index contributed by atoms with van der Waals surface area (Å²) >= 11 is 0. The molecule has 0 aliphatic rings. The zero-order valence-corrected chi connectivity index (χ0v) is 8.69. The molecule has 1 atom stereocenters. The lowest BCUT2D eigenvalue weighted by molar-refractivity contribution is -0.0512. The molecule has 0 fully saturated rings. The zero-order valence-electron chi connectivity index (χ0n) is 8.69. The molecule has 1 aromatic rings. The van der Waals surface area contributed by atoms with Gasteiger partial charge in [0.2, 0.25) is 0 Å². The standard InChI is InChI=1S/C10H13F2NO3/c1-15-8-3-2-6(7(13)5-14)4-9(8)16-10(11)12/h2-4,7,10,14H,5,13H2,1H3/t7-/m1/s1. The summed E-state index contributed by atoms with van der Waals surface area (Å²) < 4.78 is 33.3. The Hall–Kier alpha value is -1.40. The maximum Gasteiger partial charge on any atom is 0.387 e. The number of ether oxygens (including phenoxy) is 2. The van der Waals surface area contributed by atoms with Crippen LogP contribution in [0.3, 0.4) is 0 Å². The number of alkyl halides is 2. The Bertz CT molecular complexity index is 347. The molecule has 1 aromatic carbocycles. The van der Waals surface area contributed by atoms with Crippen molar-refractivity contribution in [2.75, 3.05) is 13.7 Å². The molecule has 3 N–H and O–H groups in total. The molecular formula is C10H13F2NO3. The lowest BCUT2D eigenvalue weighted by Crippen LogP contribution is -2.15. The number of hydrogen-bond donors (Lipinski definition) is 2. The van der Waals surface area contributed by atoms with Crippen molar-refractivity contribution in [1.82, 2.24) is 0 Å². The van der Waals surface area contributed by atoms with E-state index in [1.807, 2.05) is 0 Å². The van der Waals surface area contributed by atoms with Crippen LogP contribution < -0.4 is 15.2 Å². The van der Waals surface area contributed by atoms with E-state index in [9.17, 15) is 8.78 Å². The quantitative estimate of drug-likeness (QED) is 0.804. The SMILES string of the molecule is COc1ccc([C@H](N)CO)cc1OC(F)F. The molecule has 0 saturated heterocycles. The molecule has 0 saturated carbocycles. The van der Waals surface area contributed by atoms with E-state index in [1.165, 1.54) is 19.2 Å². The molecule has 0 aliphatic carbocycles. The van der Waals surface area contributed by atoms with Gasteiger partial charge in [-0.15, -0.1) is 0 Å². The summed E-state index contributed by atoms with van der Waals surface area (Å²) in [4.78, 5) is 0. The molecule has 0 aromatic heterocycles. The summed E-state index contributed by atoms with van der Waals surface area (Å²) in [5.41, 5.74) is 6.05. The van der Waals surface area contributed by atoms with Crippen molar-refractivity contribution in [1.29, 1.82) is 0 Å². The third-order valence-corrected chi connectivity index (χ3v) is 2.03. The summed E-state index contributed by atoms with van der Waals surface area (Å²) in [6, 6.07) is 3.73. The van der Waals surface area contributed by atoms with Gasteiger partial charge >= 0.3 is 6.61 Å². The highest BCUT2D eigenvalue weighted by Crippen LogP contribution is 2.30. The van der Waals surface area contributed by atoms with E-state index in [0.717, 1.165) is 0 Å². The first-order valence-electron chi connectivity index (χ1n) is 4.57. The first-order valence-corrected chi connectivity index (χ1v) is 4.57. The first-order chi connectivity index (χ1) is 7.58. The minimum Gasteiger partial charge on any atom is -0.493 e. The number of rotatable bonds is 5. The number of benzene rings is 1. The van der Waals surface area contributed by atoms with Crippen LogP contribution in [0.4, 0.5) is 8.78 Å². The summed E-state index contributed by atoms with van der Waals surface area (Å²) in [7, 11) is 1.35. The van der Waals surface area contributed by atoms with Crippen molar-refractivity contribution in [2.45, 2.75) is 12.7 Å². The highest BCUT2D eigenvalue weighted by molar-refractivity contribution is 5.43. The van der Waals surface area contributed by atoms with Crippen LogP contribution >= 0.6 is 0 Å². The molecule has 0 heterocycles. The van der Waals surface area contributed by atoms with Gasteiger partial charge in [0, 0.05) is 0 Å². The van der Waals surface area contributed by atoms with Gasteiger partial charge < -0.3 is 20.3 Å². The summed E-state index contributed by atoms with van der Waals surface area (Å²) in [5, 5.41) is 8.84. The Balaban J connectivity index is 3.00. The van der Waals surface area contributed by atoms with E-state index in [4.69, 9.17) is 15.6 Å². The monoisotopic (exact) mass is 233 g/mol. The molecule has 0 aliphatic heterocycles. The Kier molecular flexibility index (Phi) is 4.45. The third-order valence-electron chi connectivity index (χ3n) is 2.03. The largest absolute Gasteiger partial charge is 0.493 e. The van der Waals surface area contributed by atoms with Gasteiger partial charge in [-0.2, -0.15) is 8.78 Å². The number of aliphatic hydroxyl groups is 1. The second kappa shape index (κ2) is 5.62. The van der Waals surface area contributed by atoms with Crippen molar-refractivity contribution < 1.29 is 23.4 Å². The molecule has 4 nitrogen and oxygen atoms in total. The highest BCUT2D eigenvalue weighted by Gasteiger charge is 2.13. The van der Waals surface area contributed by atoms with Gasteiger partial charge in [0.25, 0.3) is 0 Å². The van der Waals surface area contributed by atoms with Crippen molar-refractivity contribution in [2.24, 2.45) is 5.73 Å². The number of nitrogens with two attached hydrogens (primary N) is 1. The minimum absolute atomic E-state index is 0.0982. The number of hydrogen-bond acceptors (Lipinski definition) is 4. The van der Waals surface area contributed by atoms with Gasteiger partial charge in [-0.1, -0.05) is 6.07 Å². The molecule has 0 bridgehead atoms. The molecule has 1 rings (SSSR count). The van der Waals surface area contributed by atoms with Crippen molar-refractivity contribution in [3.05, 3.63) is 23.8 Å². The van der Waals surface area contributed by atoms with Crippen molar-refractivity contribution in [3.8, 4) is 11.5 Å². The third kappa shape index (κ3) is 3.04. The molecule has 0 unspecified atom stereocenters. The average molecular weight is 233 g/mol. The predicted octanol–water partition coefficient (Wildman–Crippen LogP) is 1.29. The van der Waals surface area contributed by atoms with Crippen LogP contribution in [0, 0.1) is 0 Å². The smallest absolute Gasteiger partial charge is 0.387 e. The van der Waals surface area contributed by atoms with Crippen LogP contribution in [0.1, 0.15) is 11.6 Å². The number of methoxy groups -OCH3 is 1. The summed E-state index contributed by atoms with van der Waals surface area (Å²) in [6.07, 6.45) is 0. The topological polar surface area (TPSA) is 64.7 Å². The highest BCUT2D eigenvalue weighted by atomic mass is 19.3. The maximum absolute atomic E-state index is 12.1. The van der Waals surface area contributed by atoms with E-state index in [2.05, 4.69) is 4.74 Å². The number of halogens is 2. The van der Waals surface area contributed by atoms with Crippen LogP contribution in [0.25, 0.3) is 0 Å². The normalized spacial score (nSPS) is 12.6. The van der Waals surface area contributed by atoms with Crippen LogP contribution in [-0.4, -0.2) is 25.4 Å². The van der Waals surface area contributed by atoms with E-state index in [1.54, 1.807) is 6.07 Å². The predicted molar refractivity (Wildman–Crippen MR) is 53.6 cm³/mol. The van der Waals surface area contributed by atoms with Gasteiger partial charge in [0.1, 0.15) is 0 Å². The van der Waals surface area contributed by atoms with Gasteiger partial charge in [-0.05, 0) is 17.7 Å². The van der Waals surface area contributed by atoms with Gasteiger partial charge in [0.15, 0.2) is 11.5 Å². The van der Waals surface area contributed by atoms with Gasteiger partial charge in [0.05, 0.1) is 19.8 Å². The zero-order chi connectivity index (χ0) is 12.1. The molecule has 0 radical (unpaired) electrons. The van der Waals surface area contributed by atoms with Crippen LogP contribution in [0.15, 0.2) is 18.2 Å². The van der Waals surface area contributed by atoms with E-state index >= 15 is 0 Å². The van der Waals surface area contributed by atoms with Crippen molar-refractivity contribution >= 4 is 0 Å². The lowest BCUT2D eigenvalue weighted by atomic mass is 10.1. The van der Waals surface area contributed by atoms with Crippen molar-refractivity contribution in [3.63, 3.8) is 0 Å². The molecule has 90 valence electrons. The Labute approximate surface area is 91.6 Å². The Morgan fingerprint density at radius 1 is 1.38 bits per heavy atom. The second-order valence-corrected chi connectivity index (χ2v) is 3.08. The van der Waals surface area contributed by atoms with Crippen LogP contribution in [-0.2, 0) is 0 Å². The molecular weight excluding hydrogens is 220 g/mol. The number of aliphatic hydroxyl groups excluding tert-OH is 1. The molecule has 16 heavy (non-hydrogen) atoms. The fourth-order valence-corrected chi connectivity index (χ4v) is 1.22. The Morgan fingerprint density at radius 2 is 2.06 bits per heavy atom. The van der Waals surface area contributed by atoms with Crippen LogP contribution in [0.5, 0.6) is 11.5 Å². The molecule has 0 amide bonds. The first kappa shape index (κ1) is 12.7. The summed E-state index contributed by atoms with van der Waals surface area (Å²) in [5.74, 6) is 0.0908. The fourth-order valence-electron chi connectivity index (χ4n) is 1.22.